The van der Waals surface area contributed by atoms with Crippen LogP contribution in [0.15, 0.2) is 41.2 Å². The van der Waals surface area contributed by atoms with E-state index in [0.29, 0.717) is 18.8 Å². The minimum Gasteiger partial charge on any atom is -0.488 e. The molecule has 1 atom stereocenters. The molecular formula is C13H15NO3. The zero-order valence-electron chi connectivity index (χ0n) is 9.67. The summed E-state index contributed by atoms with van der Waals surface area (Å²) in [5.74, 6) is 0.697. The Kier molecular flexibility index (Phi) is 3.77. The molecule has 0 aliphatic heterocycles. The Hall–Kier alpha value is -1.81. The highest BCUT2D eigenvalue weighted by atomic mass is 16.5. The van der Waals surface area contributed by atoms with Gasteiger partial charge in [-0.25, -0.2) is 0 Å². The first-order valence-electron chi connectivity index (χ1n) is 5.59. The van der Waals surface area contributed by atoms with Crippen LogP contribution in [0.25, 0.3) is 0 Å². The molecule has 17 heavy (non-hydrogen) atoms. The van der Waals surface area contributed by atoms with Gasteiger partial charge in [0.25, 0.3) is 0 Å². The van der Waals surface area contributed by atoms with Crippen LogP contribution in [0.2, 0.25) is 0 Å². The van der Waals surface area contributed by atoms with Crippen molar-refractivity contribution in [1.82, 2.24) is 5.16 Å². The van der Waals surface area contributed by atoms with Crippen LogP contribution in [0, 0.1) is 0 Å². The Labute approximate surface area is 99.8 Å². The number of aromatic nitrogens is 1. The smallest absolute Gasteiger partial charge is 0.130 e. The van der Waals surface area contributed by atoms with E-state index < -0.39 is 6.10 Å². The van der Waals surface area contributed by atoms with Crippen LogP contribution in [-0.4, -0.2) is 10.3 Å². The first kappa shape index (κ1) is 11.7. The molecule has 4 heteroatoms. The first-order chi connectivity index (χ1) is 8.31. The molecule has 0 amide bonds. The molecule has 1 N–H and O–H groups in total. The predicted molar refractivity (Wildman–Crippen MR) is 62.5 cm³/mol. The van der Waals surface area contributed by atoms with Crippen LogP contribution in [-0.2, 0) is 6.61 Å². The second kappa shape index (κ2) is 5.50. The van der Waals surface area contributed by atoms with Crippen LogP contribution in [0.3, 0.4) is 0 Å². The number of benzene rings is 1. The van der Waals surface area contributed by atoms with Gasteiger partial charge in [0.05, 0.1) is 12.3 Å². The summed E-state index contributed by atoms with van der Waals surface area (Å²) < 4.78 is 10.4. The molecule has 0 aliphatic rings. The molecule has 2 aromatic rings. The summed E-state index contributed by atoms with van der Waals surface area (Å²) in [7, 11) is 0. The lowest BCUT2D eigenvalue weighted by Crippen LogP contribution is -2.01. The molecule has 1 aromatic carbocycles. The third-order valence-electron chi connectivity index (χ3n) is 2.54. The lowest BCUT2D eigenvalue weighted by Gasteiger charge is -2.14. The van der Waals surface area contributed by atoms with Gasteiger partial charge in [0.1, 0.15) is 18.6 Å². The maximum Gasteiger partial charge on any atom is 0.130 e. The Morgan fingerprint density at radius 3 is 2.94 bits per heavy atom. The number of para-hydroxylation sites is 1. The van der Waals surface area contributed by atoms with Crippen molar-refractivity contribution < 1.29 is 14.4 Å². The molecule has 0 saturated carbocycles. The topological polar surface area (TPSA) is 55.5 Å². The standard InChI is InChI=1S/C13H15NO3/c1-2-12(15)11-5-3-4-6-13(11)16-8-10-7-14-17-9-10/h3-7,9,12,15H,2,8H2,1H3/t12-/m0/s1. The number of hydrogen-bond acceptors (Lipinski definition) is 4. The maximum absolute atomic E-state index is 9.86. The summed E-state index contributed by atoms with van der Waals surface area (Å²) in [6.07, 6.45) is 3.32. The Bertz CT molecular complexity index is 453. The van der Waals surface area contributed by atoms with Gasteiger partial charge in [0.15, 0.2) is 0 Å². The monoisotopic (exact) mass is 233 g/mol. The third-order valence-corrected chi connectivity index (χ3v) is 2.54. The fraction of sp³-hybridized carbons (Fsp3) is 0.308. The van der Waals surface area contributed by atoms with Crippen molar-refractivity contribution in [2.75, 3.05) is 0 Å². The summed E-state index contributed by atoms with van der Waals surface area (Å²) in [5, 5.41) is 13.5. The zero-order valence-corrected chi connectivity index (χ0v) is 9.67. The molecule has 0 bridgehead atoms. The Balaban J connectivity index is 2.09. The molecule has 1 heterocycles. The van der Waals surface area contributed by atoms with Crippen LogP contribution in [0.5, 0.6) is 5.75 Å². The Morgan fingerprint density at radius 1 is 1.41 bits per heavy atom. The average Bonchev–Trinajstić information content (AvgIpc) is 2.89. The van der Waals surface area contributed by atoms with E-state index in [1.807, 2.05) is 31.2 Å². The molecule has 0 spiro atoms. The highest BCUT2D eigenvalue weighted by molar-refractivity contribution is 5.35. The fourth-order valence-corrected chi connectivity index (χ4v) is 1.57. The van der Waals surface area contributed by atoms with Gasteiger partial charge in [-0.1, -0.05) is 30.3 Å². The highest BCUT2D eigenvalue weighted by Crippen LogP contribution is 2.27. The normalized spacial score (nSPS) is 12.4. The van der Waals surface area contributed by atoms with Crippen molar-refractivity contribution >= 4 is 0 Å². The van der Waals surface area contributed by atoms with Crippen molar-refractivity contribution in [2.45, 2.75) is 26.1 Å². The quantitative estimate of drug-likeness (QED) is 0.862. The van der Waals surface area contributed by atoms with Crippen molar-refractivity contribution in [3.05, 3.63) is 47.9 Å². The maximum atomic E-state index is 9.86. The van der Waals surface area contributed by atoms with Crippen LogP contribution < -0.4 is 4.74 Å². The van der Waals surface area contributed by atoms with Gasteiger partial charge in [0.2, 0.25) is 0 Å². The zero-order chi connectivity index (χ0) is 12.1. The summed E-state index contributed by atoms with van der Waals surface area (Å²) >= 11 is 0. The Morgan fingerprint density at radius 2 is 2.24 bits per heavy atom. The number of aliphatic hydroxyl groups is 1. The minimum absolute atomic E-state index is 0.386. The average molecular weight is 233 g/mol. The lowest BCUT2D eigenvalue weighted by atomic mass is 10.1. The van der Waals surface area contributed by atoms with Crippen LogP contribution in [0.4, 0.5) is 0 Å². The van der Waals surface area contributed by atoms with E-state index >= 15 is 0 Å². The molecule has 2 rings (SSSR count). The summed E-state index contributed by atoms with van der Waals surface area (Å²) in [6.45, 7) is 2.32. The molecule has 0 saturated heterocycles. The molecule has 4 nitrogen and oxygen atoms in total. The van der Waals surface area contributed by atoms with E-state index in [2.05, 4.69) is 5.16 Å². The van der Waals surface area contributed by atoms with Gasteiger partial charge < -0.3 is 14.4 Å². The highest BCUT2D eigenvalue weighted by Gasteiger charge is 2.11. The first-order valence-corrected chi connectivity index (χ1v) is 5.59. The molecule has 0 unspecified atom stereocenters. The second-order valence-corrected chi connectivity index (χ2v) is 3.78. The minimum atomic E-state index is -0.492. The van der Waals surface area contributed by atoms with E-state index in [-0.39, 0.29) is 0 Å². The van der Waals surface area contributed by atoms with Crippen molar-refractivity contribution in [3.8, 4) is 5.75 Å². The van der Waals surface area contributed by atoms with Crippen LogP contribution >= 0.6 is 0 Å². The lowest BCUT2D eigenvalue weighted by molar-refractivity contribution is 0.166. The number of ether oxygens (including phenoxy) is 1. The largest absolute Gasteiger partial charge is 0.488 e. The van der Waals surface area contributed by atoms with Crippen molar-refractivity contribution in [1.29, 1.82) is 0 Å². The van der Waals surface area contributed by atoms with Gasteiger partial charge in [0, 0.05) is 11.1 Å². The molecule has 0 fully saturated rings. The number of rotatable bonds is 5. The van der Waals surface area contributed by atoms with Crippen molar-refractivity contribution in [2.24, 2.45) is 0 Å². The third kappa shape index (κ3) is 2.85. The number of aliphatic hydroxyl groups excluding tert-OH is 1. The van der Waals surface area contributed by atoms with Gasteiger partial charge in [-0.2, -0.15) is 0 Å². The van der Waals surface area contributed by atoms with Gasteiger partial charge in [-0.05, 0) is 12.5 Å². The van der Waals surface area contributed by atoms with E-state index in [4.69, 9.17) is 9.26 Å². The second-order valence-electron chi connectivity index (χ2n) is 3.78. The molecule has 0 radical (unpaired) electrons. The van der Waals surface area contributed by atoms with E-state index in [9.17, 15) is 5.11 Å². The predicted octanol–water partition coefficient (Wildman–Crippen LogP) is 2.70. The van der Waals surface area contributed by atoms with E-state index in [0.717, 1.165) is 11.1 Å². The SMILES string of the molecule is CC[C@H](O)c1ccccc1OCc1cnoc1. The molecular weight excluding hydrogens is 218 g/mol. The summed E-state index contributed by atoms with van der Waals surface area (Å²) in [6, 6.07) is 7.49. The molecule has 90 valence electrons. The summed E-state index contributed by atoms with van der Waals surface area (Å²) in [5.41, 5.74) is 1.68. The molecule has 1 aromatic heterocycles. The number of hydrogen-bond donors (Lipinski definition) is 1. The molecule has 0 aliphatic carbocycles. The van der Waals surface area contributed by atoms with Gasteiger partial charge in [-0.15, -0.1) is 0 Å². The van der Waals surface area contributed by atoms with E-state index in [1.54, 1.807) is 12.5 Å². The van der Waals surface area contributed by atoms with Crippen molar-refractivity contribution in [3.63, 3.8) is 0 Å². The summed E-state index contributed by atoms with van der Waals surface area (Å²) in [4.78, 5) is 0. The van der Waals surface area contributed by atoms with Gasteiger partial charge in [-0.3, -0.25) is 0 Å². The van der Waals surface area contributed by atoms with Crippen LogP contribution in [0.1, 0.15) is 30.6 Å². The van der Waals surface area contributed by atoms with E-state index in [1.165, 1.54) is 0 Å². The number of nitrogens with zero attached hydrogens (tertiary/aromatic N) is 1. The van der Waals surface area contributed by atoms with Gasteiger partial charge >= 0.3 is 0 Å². The fourth-order valence-electron chi connectivity index (χ4n) is 1.57.